The topological polar surface area (TPSA) is 107 Å². The molecule has 3 rings (SSSR count). The Balaban J connectivity index is 2.51. The second-order valence-corrected chi connectivity index (χ2v) is 5.05. The van der Waals surface area contributed by atoms with E-state index in [0.29, 0.717) is 4.57 Å². The van der Waals surface area contributed by atoms with Gasteiger partial charge in [-0.15, -0.1) is 0 Å². The highest BCUT2D eigenvalue weighted by molar-refractivity contribution is 6.01. The Bertz CT molecular complexity index is 1110. The Labute approximate surface area is 134 Å². The third-order valence-electron chi connectivity index (χ3n) is 3.62. The molecule has 2 amide bonds. The van der Waals surface area contributed by atoms with Crippen LogP contribution in [0.25, 0.3) is 10.9 Å². The average Bonchev–Trinajstić information content (AvgIpc) is 2.58. The van der Waals surface area contributed by atoms with Gasteiger partial charge in [-0.3, -0.25) is 24.3 Å². The van der Waals surface area contributed by atoms with Gasteiger partial charge in [0, 0.05) is 16.2 Å². The summed E-state index contributed by atoms with van der Waals surface area (Å²) in [5, 5.41) is 1.55. The first-order valence-corrected chi connectivity index (χ1v) is 6.48. The number of nitrogen functional groups attached to an aromatic ring is 1. The number of carbonyl (C=O) groups is 2. The maximum atomic E-state index is 13.3. The predicted octanol–water partition coefficient (Wildman–Crippen LogP) is 0.439. The second-order valence-electron chi connectivity index (χ2n) is 5.05. The van der Waals surface area contributed by atoms with E-state index in [0.717, 1.165) is 0 Å². The van der Waals surface area contributed by atoms with Gasteiger partial charge < -0.3 is 5.73 Å². The van der Waals surface area contributed by atoms with Gasteiger partial charge in [-0.1, -0.05) is 6.04 Å². The number of nitrogens with zero attached hydrogens (tertiary/aromatic N) is 2. The number of benzene rings is 1. The fourth-order valence-corrected chi connectivity index (χ4v) is 2.54. The molecular weight excluding hydrogens is 284 g/mol. The van der Waals surface area contributed by atoms with Gasteiger partial charge in [0.1, 0.15) is 11.4 Å². The zero-order valence-corrected chi connectivity index (χ0v) is 11.6. The molecule has 7 nitrogen and oxygen atoms in total. The molecule has 0 aliphatic carbocycles. The van der Waals surface area contributed by atoms with Crippen LogP contribution >= 0.6 is 0 Å². The number of nitrogens with two attached hydrogens (primary N) is 1. The Hall–Kier alpha value is -2.70. The SMILES string of the molecule is [2H]c1c([2H])c(N)c2c(=O)n([C@@]3(C([2H])([2H])[2H])CCC(=O)NC3=O)c(C)nc2c1[2H]. The van der Waals surface area contributed by atoms with Gasteiger partial charge in [0.25, 0.3) is 11.5 Å². The van der Waals surface area contributed by atoms with Crippen molar-refractivity contribution in [2.45, 2.75) is 32.2 Å². The van der Waals surface area contributed by atoms with Gasteiger partial charge in [0.2, 0.25) is 5.91 Å². The normalized spacial score (nSPS) is 26.4. The molecule has 1 aliphatic rings. The van der Waals surface area contributed by atoms with Crippen molar-refractivity contribution in [3.8, 4) is 0 Å². The number of amides is 2. The van der Waals surface area contributed by atoms with Crippen LogP contribution < -0.4 is 16.6 Å². The summed E-state index contributed by atoms with van der Waals surface area (Å²) in [5.74, 6) is -2.02. The molecule has 1 aromatic heterocycles. The van der Waals surface area contributed by atoms with Gasteiger partial charge in [0.05, 0.1) is 15.0 Å². The monoisotopic (exact) mass is 306 g/mol. The zero-order chi connectivity index (χ0) is 21.2. The molecule has 22 heavy (non-hydrogen) atoms. The average molecular weight is 306 g/mol. The minimum Gasteiger partial charge on any atom is -0.398 e. The maximum absolute atomic E-state index is 13.3. The Morgan fingerprint density at radius 2 is 2.23 bits per heavy atom. The number of imide groups is 1. The molecule has 1 fully saturated rings. The lowest BCUT2D eigenvalue weighted by Gasteiger charge is -2.34. The molecule has 1 aliphatic heterocycles. The van der Waals surface area contributed by atoms with Crippen molar-refractivity contribution in [2.24, 2.45) is 0 Å². The number of hydrogen-bond donors (Lipinski definition) is 2. The van der Waals surface area contributed by atoms with E-state index < -0.39 is 65.4 Å². The van der Waals surface area contributed by atoms with Crippen molar-refractivity contribution in [1.29, 1.82) is 0 Å². The fourth-order valence-electron chi connectivity index (χ4n) is 2.54. The fraction of sp³-hybridized carbons (Fsp3) is 0.333. The van der Waals surface area contributed by atoms with Crippen LogP contribution in [0.5, 0.6) is 0 Å². The summed E-state index contributed by atoms with van der Waals surface area (Å²) >= 11 is 0. The lowest BCUT2D eigenvalue weighted by Crippen LogP contribution is -2.56. The molecule has 114 valence electrons. The first kappa shape index (κ1) is 8.67. The summed E-state index contributed by atoms with van der Waals surface area (Å²) in [7, 11) is 0. The number of aromatic nitrogens is 2. The van der Waals surface area contributed by atoms with Gasteiger partial charge in [-0.05, 0) is 32.3 Å². The molecule has 7 heteroatoms. The Morgan fingerprint density at radius 3 is 2.91 bits per heavy atom. The van der Waals surface area contributed by atoms with Gasteiger partial charge >= 0.3 is 0 Å². The summed E-state index contributed by atoms with van der Waals surface area (Å²) in [6.07, 6.45) is -0.761. The molecule has 2 aromatic rings. The third kappa shape index (κ3) is 1.89. The molecule has 0 spiro atoms. The Kier molecular flexibility index (Phi) is 1.84. The number of anilines is 1. The molecule has 1 saturated heterocycles. The van der Waals surface area contributed by atoms with E-state index >= 15 is 0 Å². The van der Waals surface area contributed by atoms with Crippen LogP contribution in [0.4, 0.5) is 5.69 Å². The molecule has 1 aromatic carbocycles. The first-order chi connectivity index (χ1) is 12.8. The number of aryl methyl sites for hydroxylation is 1. The van der Waals surface area contributed by atoms with E-state index in [4.69, 9.17) is 14.0 Å². The van der Waals surface area contributed by atoms with E-state index in [1.54, 1.807) is 0 Å². The van der Waals surface area contributed by atoms with Crippen LogP contribution in [-0.2, 0) is 15.1 Å². The van der Waals surface area contributed by atoms with Crippen molar-refractivity contribution in [2.75, 3.05) is 5.73 Å². The smallest absolute Gasteiger partial charge is 0.264 e. The summed E-state index contributed by atoms with van der Waals surface area (Å²) in [5.41, 5.74) is 1.68. The molecule has 3 N–H and O–H groups in total. The molecule has 0 radical (unpaired) electrons. The van der Waals surface area contributed by atoms with Crippen LogP contribution in [0.1, 0.15) is 33.7 Å². The minimum absolute atomic E-state index is 0.192. The predicted molar refractivity (Wildman–Crippen MR) is 81.2 cm³/mol. The summed E-state index contributed by atoms with van der Waals surface area (Å²) in [4.78, 5) is 41.6. The van der Waals surface area contributed by atoms with E-state index in [1.165, 1.54) is 6.92 Å². The number of carbonyl (C=O) groups excluding carboxylic acids is 2. The molecular formula is C15H16N4O3. The number of fused-ring (bicyclic) bond motifs is 1. The number of piperidine rings is 1. The van der Waals surface area contributed by atoms with E-state index in [2.05, 4.69) is 4.98 Å². The van der Waals surface area contributed by atoms with Crippen LogP contribution in [0.2, 0.25) is 0 Å². The summed E-state index contributed by atoms with van der Waals surface area (Å²) in [6.45, 7) is -1.73. The second kappa shape index (κ2) is 4.66. The molecule has 0 bridgehead atoms. The molecule has 1 atom stereocenters. The van der Waals surface area contributed by atoms with Gasteiger partial charge in [-0.25, -0.2) is 4.98 Å². The largest absolute Gasteiger partial charge is 0.398 e. The standard InChI is InChI=1S/C15H16N4O3/c1-8-17-10-5-3-4-9(16)12(10)13(21)19(8)15(2)7-6-11(20)18-14(15)22/h3-5H,6-7,16H2,1-2H3,(H,18,20,22)/t15-/m0/s1/i2D3,3D,4D,5D. The van der Waals surface area contributed by atoms with E-state index in [-0.39, 0.29) is 17.8 Å². The Morgan fingerprint density at radius 1 is 1.45 bits per heavy atom. The van der Waals surface area contributed by atoms with Crippen molar-refractivity contribution < 1.29 is 17.8 Å². The van der Waals surface area contributed by atoms with Crippen molar-refractivity contribution in [3.05, 3.63) is 34.3 Å². The highest BCUT2D eigenvalue weighted by Gasteiger charge is 2.42. The van der Waals surface area contributed by atoms with Gasteiger partial charge in [-0.2, -0.15) is 0 Å². The van der Waals surface area contributed by atoms with Gasteiger partial charge in [0.15, 0.2) is 0 Å². The maximum Gasteiger partial charge on any atom is 0.264 e. The summed E-state index contributed by atoms with van der Waals surface area (Å²) < 4.78 is 48.0. The number of nitrogens with one attached hydrogen (secondary N) is 1. The highest BCUT2D eigenvalue weighted by atomic mass is 16.2. The number of hydrogen-bond acceptors (Lipinski definition) is 5. The molecule has 0 saturated carbocycles. The van der Waals surface area contributed by atoms with Crippen LogP contribution in [0.15, 0.2) is 22.9 Å². The number of rotatable bonds is 1. The first-order valence-electron chi connectivity index (χ1n) is 9.48. The molecule has 0 unspecified atom stereocenters. The van der Waals surface area contributed by atoms with Crippen LogP contribution in [0, 0.1) is 6.92 Å². The molecule has 2 heterocycles. The zero-order valence-electron chi connectivity index (χ0n) is 17.6. The van der Waals surface area contributed by atoms with E-state index in [1.807, 2.05) is 5.32 Å². The lowest BCUT2D eigenvalue weighted by atomic mass is 9.90. The van der Waals surface area contributed by atoms with Crippen molar-refractivity contribution in [3.63, 3.8) is 0 Å². The highest BCUT2D eigenvalue weighted by Crippen LogP contribution is 2.27. The van der Waals surface area contributed by atoms with Crippen LogP contribution in [-0.4, -0.2) is 21.4 Å². The van der Waals surface area contributed by atoms with Crippen molar-refractivity contribution >= 4 is 28.4 Å². The summed E-state index contributed by atoms with van der Waals surface area (Å²) in [6, 6.07) is -1.61. The third-order valence-corrected chi connectivity index (χ3v) is 3.62. The lowest BCUT2D eigenvalue weighted by molar-refractivity contribution is -0.140. The quantitative estimate of drug-likeness (QED) is 0.587. The minimum atomic E-state index is -3.01. The van der Waals surface area contributed by atoms with E-state index in [9.17, 15) is 14.4 Å². The van der Waals surface area contributed by atoms with Crippen LogP contribution in [0.3, 0.4) is 0 Å². The van der Waals surface area contributed by atoms with Crippen molar-refractivity contribution in [1.82, 2.24) is 14.9 Å².